The second-order valence-electron chi connectivity index (χ2n) is 5.42. The molecule has 0 heterocycles. The van der Waals surface area contributed by atoms with Gasteiger partial charge in [-0.25, -0.2) is 4.39 Å². The van der Waals surface area contributed by atoms with Gasteiger partial charge >= 0.3 is 18.0 Å². The number of halogens is 7. The maximum absolute atomic E-state index is 14.1. The van der Waals surface area contributed by atoms with E-state index in [2.05, 4.69) is 0 Å². The molecule has 1 nitrogen and oxygen atoms in total. The Morgan fingerprint density at radius 2 is 1.39 bits per heavy atom. The van der Waals surface area contributed by atoms with Crippen LogP contribution in [0, 0.1) is 0 Å². The Balaban J connectivity index is 3.44. The Kier molecular flexibility index (Phi) is 5.40. The number of methoxy groups -OCH3 is 1. The van der Waals surface area contributed by atoms with Gasteiger partial charge in [0.05, 0.1) is 5.60 Å². The topological polar surface area (TPSA) is 9.23 Å². The van der Waals surface area contributed by atoms with Crippen LogP contribution < -0.4 is 0 Å². The molecular weight excluding hydrogens is 329 g/mol. The van der Waals surface area contributed by atoms with Crippen molar-refractivity contribution in [2.75, 3.05) is 7.11 Å². The summed E-state index contributed by atoms with van der Waals surface area (Å²) >= 11 is 0. The summed E-state index contributed by atoms with van der Waals surface area (Å²) in [5, 5.41) is 0. The standard InChI is InChI=1S/C15H17F7O/c1-4-10-7-5-6-8-11(10)12(2,23-3)9-13(16,14(17,18)19)15(20,21)22/h5-8H,4,9H2,1-3H3. The van der Waals surface area contributed by atoms with Crippen molar-refractivity contribution in [2.45, 2.75) is 50.3 Å². The lowest BCUT2D eigenvalue weighted by molar-refractivity contribution is -0.353. The normalized spacial score (nSPS) is 16.3. The molecule has 23 heavy (non-hydrogen) atoms. The first-order valence-electron chi connectivity index (χ1n) is 6.78. The van der Waals surface area contributed by atoms with Crippen LogP contribution in [0.4, 0.5) is 30.7 Å². The number of alkyl halides is 7. The molecule has 0 bridgehead atoms. The zero-order chi connectivity index (χ0) is 18.1. The van der Waals surface area contributed by atoms with E-state index in [0.717, 1.165) is 14.0 Å². The molecule has 1 rings (SSSR count). The molecule has 1 aromatic rings. The number of aryl methyl sites for hydroxylation is 1. The van der Waals surface area contributed by atoms with Crippen LogP contribution in [0.15, 0.2) is 24.3 Å². The third kappa shape index (κ3) is 3.62. The first-order chi connectivity index (χ1) is 10.3. The average Bonchev–Trinajstić information content (AvgIpc) is 2.44. The fourth-order valence-electron chi connectivity index (χ4n) is 2.45. The Morgan fingerprint density at radius 1 is 0.913 bits per heavy atom. The van der Waals surface area contributed by atoms with Crippen LogP contribution in [0.3, 0.4) is 0 Å². The van der Waals surface area contributed by atoms with Crippen LogP contribution in [-0.2, 0) is 16.8 Å². The highest BCUT2D eigenvalue weighted by Gasteiger charge is 2.74. The maximum atomic E-state index is 14.1. The lowest BCUT2D eigenvalue weighted by Crippen LogP contribution is -2.56. The molecule has 8 heteroatoms. The summed E-state index contributed by atoms with van der Waals surface area (Å²) in [5.41, 5.74) is -6.87. The van der Waals surface area contributed by atoms with Crippen molar-refractivity contribution < 1.29 is 35.5 Å². The third-order valence-corrected chi connectivity index (χ3v) is 3.90. The minimum absolute atomic E-state index is 0.0977. The van der Waals surface area contributed by atoms with Crippen molar-refractivity contribution in [3.63, 3.8) is 0 Å². The van der Waals surface area contributed by atoms with E-state index in [9.17, 15) is 30.7 Å². The summed E-state index contributed by atoms with van der Waals surface area (Å²) in [6, 6.07) is 5.94. The molecule has 1 atom stereocenters. The fraction of sp³-hybridized carbons (Fsp3) is 0.600. The highest BCUT2D eigenvalue weighted by atomic mass is 19.4. The van der Waals surface area contributed by atoms with Gasteiger partial charge in [-0.2, -0.15) is 26.3 Å². The van der Waals surface area contributed by atoms with E-state index in [0.29, 0.717) is 12.0 Å². The molecule has 1 aromatic carbocycles. The summed E-state index contributed by atoms with van der Waals surface area (Å²) in [4.78, 5) is 0. The number of rotatable bonds is 5. The van der Waals surface area contributed by atoms with E-state index < -0.39 is 30.0 Å². The van der Waals surface area contributed by atoms with Gasteiger partial charge in [0.2, 0.25) is 0 Å². The Hall–Kier alpha value is -1.31. The van der Waals surface area contributed by atoms with Crippen LogP contribution in [0.1, 0.15) is 31.4 Å². The van der Waals surface area contributed by atoms with E-state index in [1.54, 1.807) is 19.1 Å². The maximum Gasteiger partial charge on any atom is 0.431 e. The molecule has 0 radical (unpaired) electrons. The molecule has 0 saturated carbocycles. The second kappa shape index (κ2) is 6.30. The van der Waals surface area contributed by atoms with E-state index in [1.807, 2.05) is 0 Å². The fourth-order valence-corrected chi connectivity index (χ4v) is 2.45. The van der Waals surface area contributed by atoms with Gasteiger partial charge in [0.1, 0.15) is 0 Å². The van der Waals surface area contributed by atoms with Gasteiger partial charge < -0.3 is 4.74 Å². The second-order valence-corrected chi connectivity index (χ2v) is 5.42. The summed E-state index contributed by atoms with van der Waals surface area (Å²) < 4.78 is 95.9. The predicted octanol–water partition coefficient (Wildman–Crippen LogP) is 5.33. The molecule has 0 saturated heterocycles. The highest BCUT2D eigenvalue weighted by molar-refractivity contribution is 5.33. The Morgan fingerprint density at radius 3 is 1.78 bits per heavy atom. The van der Waals surface area contributed by atoms with Crippen molar-refractivity contribution >= 4 is 0 Å². The first kappa shape index (κ1) is 19.7. The molecule has 0 aliphatic rings. The monoisotopic (exact) mass is 346 g/mol. The molecule has 132 valence electrons. The van der Waals surface area contributed by atoms with E-state index in [1.165, 1.54) is 12.1 Å². The van der Waals surface area contributed by atoms with Crippen LogP contribution in [-0.4, -0.2) is 25.1 Å². The smallest absolute Gasteiger partial charge is 0.374 e. The zero-order valence-corrected chi connectivity index (χ0v) is 12.8. The van der Waals surface area contributed by atoms with Crippen molar-refractivity contribution in [3.05, 3.63) is 35.4 Å². The number of hydrogen-bond acceptors (Lipinski definition) is 1. The van der Waals surface area contributed by atoms with Crippen LogP contribution in [0.2, 0.25) is 0 Å². The molecule has 0 aliphatic heterocycles. The molecule has 0 aliphatic carbocycles. The SMILES string of the molecule is CCc1ccccc1C(C)(CC(F)(C(F)(F)F)C(F)(F)F)OC. The van der Waals surface area contributed by atoms with Gasteiger partial charge in [0.15, 0.2) is 0 Å². The van der Waals surface area contributed by atoms with Crippen molar-refractivity contribution in [3.8, 4) is 0 Å². The minimum atomic E-state index is -6.10. The van der Waals surface area contributed by atoms with Gasteiger partial charge in [-0.3, -0.25) is 0 Å². The molecule has 0 spiro atoms. The van der Waals surface area contributed by atoms with E-state index in [4.69, 9.17) is 4.74 Å². The highest BCUT2D eigenvalue weighted by Crippen LogP contribution is 2.52. The number of benzene rings is 1. The quantitative estimate of drug-likeness (QED) is 0.655. The lowest BCUT2D eigenvalue weighted by atomic mass is 9.81. The summed E-state index contributed by atoms with van der Waals surface area (Å²) in [7, 11) is 0.958. The summed E-state index contributed by atoms with van der Waals surface area (Å²) in [5.74, 6) is 0. The summed E-state index contributed by atoms with van der Waals surface area (Å²) in [6.45, 7) is 2.71. The Labute approximate surface area is 129 Å². The van der Waals surface area contributed by atoms with Gasteiger partial charge in [0.25, 0.3) is 0 Å². The molecular formula is C15H17F7O. The van der Waals surface area contributed by atoms with Crippen LogP contribution in [0.5, 0.6) is 0 Å². The molecule has 0 aromatic heterocycles. The van der Waals surface area contributed by atoms with Gasteiger partial charge in [-0.15, -0.1) is 0 Å². The Bertz CT molecular complexity index is 521. The number of hydrogen-bond donors (Lipinski definition) is 0. The van der Waals surface area contributed by atoms with E-state index >= 15 is 0 Å². The lowest BCUT2D eigenvalue weighted by Gasteiger charge is -2.38. The zero-order valence-electron chi connectivity index (χ0n) is 12.8. The third-order valence-electron chi connectivity index (χ3n) is 3.90. The molecule has 0 fully saturated rings. The summed E-state index contributed by atoms with van der Waals surface area (Å²) in [6.07, 6.45) is -13.8. The molecule has 0 amide bonds. The van der Waals surface area contributed by atoms with Crippen molar-refractivity contribution in [1.82, 2.24) is 0 Å². The van der Waals surface area contributed by atoms with Gasteiger partial charge in [-0.05, 0) is 24.5 Å². The minimum Gasteiger partial charge on any atom is -0.374 e. The average molecular weight is 346 g/mol. The molecule has 1 unspecified atom stereocenters. The molecule has 0 N–H and O–H groups in total. The predicted molar refractivity (Wildman–Crippen MR) is 70.7 cm³/mol. The van der Waals surface area contributed by atoms with Crippen molar-refractivity contribution in [2.24, 2.45) is 0 Å². The largest absolute Gasteiger partial charge is 0.431 e. The van der Waals surface area contributed by atoms with Gasteiger partial charge in [-0.1, -0.05) is 31.2 Å². The number of ether oxygens (including phenoxy) is 1. The van der Waals surface area contributed by atoms with Crippen LogP contribution >= 0.6 is 0 Å². The van der Waals surface area contributed by atoms with Gasteiger partial charge in [0, 0.05) is 13.5 Å². The van der Waals surface area contributed by atoms with Crippen molar-refractivity contribution in [1.29, 1.82) is 0 Å². The van der Waals surface area contributed by atoms with Crippen LogP contribution in [0.25, 0.3) is 0 Å². The first-order valence-corrected chi connectivity index (χ1v) is 6.78. The van der Waals surface area contributed by atoms with E-state index in [-0.39, 0.29) is 5.56 Å².